The predicted octanol–water partition coefficient (Wildman–Crippen LogP) is 4.72. The van der Waals surface area contributed by atoms with E-state index in [0.29, 0.717) is 17.5 Å². The Labute approximate surface area is 140 Å². The van der Waals surface area contributed by atoms with E-state index in [-0.39, 0.29) is 10.8 Å². The van der Waals surface area contributed by atoms with Crippen LogP contribution >= 0.6 is 0 Å². The number of carbonyl (C=O) groups is 2. The molecule has 23 heavy (non-hydrogen) atoms. The van der Waals surface area contributed by atoms with Crippen molar-refractivity contribution in [1.29, 1.82) is 0 Å². The fraction of sp³-hybridized carbons (Fsp3) is 0.810. The molecule has 0 radical (unpaired) electrons. The van der Waals surface area contributed by atoms with E-state index in [2.05, 4.69) is 13.8 Å². The highest BCUT2D eigenvalue weighted by molar-refractivity contribution is 5.91. The zero-order valence-electron chi connectivity index (χ0n) is 14.9. The molecule has 2 heteroatoms. The standard InChI is InChI=1S/C21H30O2/c1-13(22)17-6-7-18-16-5-4-14-12-15(23)8-10-20(14,2)19(16)9-11-21(17,18)3/h12,16-19H,4-11H2,1-3H3/t16-,17?,18-,19-,20-,21+/m1/s1. The van der Waals surface area contributed by atoms with Crippen LogP contribution in [0.3, 0.4) is 0 Å². The molecule has 0 N–H and O–H groups in total. The third kappa shape index (κ3) is 2.06. The lowest BCUT2D eigenvalue weighted by Crippen LogP contribution is -2.51. The van der Waals surface area contributed by atoms with E-state index in [1.54, 1.807) is 6.92 Å². The third-order valence-electron chi connectivity index (χ3n) is 8.45. The Morgan fingerprint density at radius 1 is 1.04 bits per heavy atom. The summed E-state index contributed by atoms with van der Waals surface area (Å²) in [6.45, 7) is 6.65. The van der Waals surface area contributed by atoms with Crippen LogP contribution in [0.5, 0.6) is 0 Å². The largest absolute Gasteiger partial charge is 0.300 e. The van der Waals surface area contributed by atoms with Gasteiger partial charge in [0.25, 0.3) is 0 Å². The Morgan fingerprint density at radius 2 is 1.83 bits per heavy atom. The number of Topliss-reactive ketones (excluding diaryl/α,β-unsaturated/α-hetero) is 1. The summed E-state index contributed by atoms with van der Waals surface area (Å²) in [4.78, 5) is 24.0. The molecular weight excluding hydrogens is 284 g/mol. The van der Waals surface area contributed by atoms with E-state index in [9.17, 15) is 9.59 Å². The van der Waals surface area contributed by atoms with Crippen LogP contribution in [0.25, 0.3) is 0 Å². The lowest BCUT2D eigenvalue weighted by Gasteiger charge is -2.58. The first-order chi connectivity index (χ1) is 10.9. The molecule has 0 amide bonds. The highest BCUT2D eigenvalue weighted by Crippen LogP contribution is 2.66. The smallest absolute Gasteiger partial charge is 0.155 e. The minimum Gasteiger partial charge on any atom is -0.300 e. The van der Waals surface area contributed by atoms with E-state index in [1.807, 2.05) is 6.08 Å². The molecule has 4 rings (SSSR count). The van der Waals surface area contributed by atoms with Gasteiger partial charge < -0.3 is 0 Å². The normalized spacial score (nSPS) is 49.0. The van der Waals surface area contributed by atoms with Gasteiger partial charge in [0.2, 0.25) is 0 Å². The maximum atomic E-state index is 12.1. The molecule has 126 valence electrons. The average molecular weight is 314 g/mol. The highest BCUT2D eigenvalue weighted by atomic mass is 16.1. The van der Waals surface area contributed by atoms with Crippen molar-refractivity contribution >= 4 is 11.6 Å². The summed E-state index contributed by atoms with van der Waals surface area (Å²) in [6.07, 6.45) is 10.9. The van der Waals surface area contributed by atoms with E-state index in [0.717, 1.165) is 43.4 Å². The van der Waals surface area contributed by atoms with Gasteiger partial charge in [0, 0.05) is 12.3 Å². The summed E-state index contributed by atoms with van der Waals surface area (Å²) in [5, 5.41) is 0. The second kappa shape index (κ2) is 5.04. The molecule has 0 aromatic heterocycles. The molecule has 0 aromatic rings. The van der Waals surface area contributed by atoms with Crippen LogP contribution in [-0.2, 0) is 9.59 Å². The summed E-state index contributed by atoms with van der Waals surface area (Å²) in [5.41, 5.74) is 1.95. The number of rotatable bonds is 1. The first-order valence-corrected chi connectivity index (χ1v) is 9.60. The zero-order chi connectivity index (χ0) is 16.4. The molecule has 6 atom stereocenters. The molecule has 1 unspecified atom stereocenters. The van der Waals surface area contributed by atoms with E-state index >= 15 is 0 Å². The van der Waals surface area contributed by atoms with Crippen molar-refractivity contribution in [2.75, 3.05) is 0 Å². The van der Waals surface area contributed by atoms with Crippen LogP contribution in [0.15, 0.2) is 11.6 Å². The molecule has 0 heterocycles. The van der Waals surface area contributed by atoms with Crippen molar-refractivity contribution in [1.82, 2.24) is 0 Å². The van der Waals surface area contributed by atoms with Crippen molar-refractivity contribution in [3.05, 3.63) is 11.6 Å². The second-order valence-corrected chi connectivity index (χ2v) is 9.25. The van der Waals surface area contributed by atoms with Crippen molar-refractivity contribution in [2.24, 2.45) is 34.5 Å². The van der Waals surface area contributed by atoms with Crippen LogP contribution in [0, 0.1) is 34.5 Å². The summed E-state index contributed by atoms with van der Waals surface area (Å²) in [7, 11) is 0. The second-order valence-electron chi connectivity index (χ2n) is 9.25. The maximum absolute atomic E-state index is 12.1. The number of allylic oxidation sites excluding steroid dienone is 1. The first kappa shape index (κ1) is 15.6. The number of ketones is 2. The summed E-state index contributed by atoms with van der Waals surface area (Å²) in [5.74, 6) is 3.29. The van der Waals surface area contributed by atoms with Crippen LogP contribution in [0.2, 0.25) is 0 Å². The Balaban J connectivity index is 1.67. The third-order valence-corrected chi connectivity index (χ3v) is 8.45. The fourth-order valence-electron chi connectivity index (χ4n) is 7.23. The van der Waals surface area contributed by atoms with Crippen molar-refractivity contribution in [2.45, 2.75) is 72.1 Å². The maximum Gasteiger partial charge on any atom is 0.155 e. The Morgan fingerprint density at radius 3 is 2.57 bits per heavy atom. The monoisotopic (exact) mass is 314 g/mol. The fourth-order valence-corrected chi connectivity index (χ4v) is 7.23. The van der Waals surface area contributed by atoms with Crippen molar-refractivity contribution in [3.63, 3.8) is 0 Å². The number of hydrogen-bond acceptors (Lipinski definition) is 2. The molecule has 0 bridgehead atoms. The van der Waals surface area contributed by atoms with Gasteiger partial charge in [-0.1, -0.05) is 19.4 Å². The van der Waals surface area contributed by atoms with E-state index < -0.39 is 0 Å². The quantitative estimate of drug-likeness (QED) is 0.701. The van der Waals surface area contributed by atoms with Gasteiger partial charge in [-0.25, -0.2) is 0 Å². The molecule has 4 aliphatic rings. The minimum absolute atomic E-state index is 0.245. The van der Waals surface area contributed by atoms with Crippen LogP contribution in [-0.4, -0.2) is 11.6 Å². The number of fused-ring (bicyclic) bond motifs is 5. The molecule has 3 fully saturated rings. The molecule has 0 aromatic carbocycles. The van der Waals surface area contributed by atoms with Crippen LogP contribution in [0.1, 0.15) is 72.1 Å². The Kier molecular flexibility index (Phi) is 3.42. The molecule has 0 aliphatic heterocycles. The number of carbonyl (C=O) groups excluding carboxylic acids is 2. The van der Waals surface area contributed by atoms with Crippen molar-refractivity contribution in [3.8, 4) is 0 Å². The van der Waals surface area contributed by atoms with Gasteiger partial charge in [-0.2, -0.15) is 0 Å². The lowest BCUT2D eigenvalue weighted by atomic mass is 9.47. The number of hydrogen-bond donors (Lipinski definition) is 0. The summed E-state index contributed by atoms with van der Waals surface area (Å²) < 4.78 is 0. The Bertz CT molecular complexity index is 589. The molecule has 2 nitrogen and oxygen atoms in total. The van der Waals surface area contributed by atoms with Gasteiger partial charge in [-0.15, -0.1) is 0 Å². The van der Waals surface area contributed by atoms with Gasteiger partial charge >= 0.3 is 0 Å². The predicted molar refractivity (Wildman–Crippen MR) is 90.9 cm³/mol. The SMILES string of the molecule is CC(=O)C1CC[C@@H]2[C@H]3CCC4=CC(=O)CC[C@@]4(C)[C@@H]3CC[C@@]12C. The summed E-state index contributed by atoms with van der Waals surface area (Å²) in [6, 6.07) is 0. The van der Waals surface area contributed by atoms with Gasteiger partial charge in [0.05, 0.1) is 0 Å². The topological polar surface area (TPSA) is 34.1 Å². The van der Waals surface area contributed by atoms with Gasteiger partial charge in [-0.3, -0.25) is 9.59 Å². The molecule has 4 aliphatic carbocycles. The van der Waals surface area contributed by atoms with Crippen LogP contribution < -0.4 is 0 Å². The molecule has 3 saturated carbocycles. The van der Waals surface area contributed by atoms with E-state index in [4.69, 9.17) is 0 Å². The van der Waals surface area contributed by atoms with Gasteiger partial charge in [0.15, 0.2) is 5.78 Å². The highest BCUT2D eigenvalue weighted by Gasteiger charge is 2.59. The average Bonchev–Trinajstić information content (AvgIpc) is 2.85. The Hall–Kier alpha value is -0.920. The van der Waals surface area contributed by atoms with Crippen molar-refractivity contribution < 1.29 is 9.59 Å². The van der Waals surface area contributed by atoms with E-state index in [1.165, 1.54) is 31.3 Å². The molecular formula is C21H30O2. The lowest BCUT2D eigenvalue weighted by molar-refractivity contribution is -0.128. The minimum atomic E-state index is 0.245. The van der Waals surface area contributed by atoms with Gasteiger partial charge in [0.1, 0.15) is 5.78 Å². The van der Waals surface area contributed by atoms with Gasteiger partial charge in [-0.05, 0) is 86.5 Å². The molecule has 0 saturated heterocycles. The first-order valence-electron chi connectivity index (χ1n) is 9.60. The zero-order valence-corrected chi connectivity index (χ0v) is 14.9. The van der Waals surface area contributed by atoms with Crippen LogP contribution in [0.4, 0.5) is 0 Å². The summed E-state index contributed by atoms with van der Waals surface area (Å²) >= 11 is 0. The molecule has 0 spiro atoms.